The number of carboxylic acid groups (broad SMARTS) is 1. The third kappa shape index (κ3) is 4.16. The number of hydrogen-bond donors (Lipinski definition) is 1. The van der Waals surface area contributed by atoms with Gasteiger partial charge in [0.15, 0.2) is 0 Å². The Bertz CT molecular complexity index is 790. The maximum Gasteiger partial charge on any atom is 0.310 e. The molecule has 1 fully saturated rings. The van der Waals surface area contributed by atoms with Crippen molar-refractivity contribution in [3.8, 4) is 5.75 Å². The van der Waals surface area contributed by atoms with Crippen molar-refractivity contribution in [1.29, 1.82) is 0 Å². The van der Waals surface area contributed by atoms with E-state index in [1.54, 1.807) is 6.92 Å². The van der Waals surface area contributed by atoms with Gasteiger partial charge in [-0.2, -0.15) is 4.31 Å². The zero-order valence-corrected chi connectivity index (χ0v) is 15.8. The molecule has 0 aliphatic carbocycles. The van der Waals surface area contributed by atoms with Crippen molar-refractivity contribution in [2.24, 2.45) is 5.92 Å². The number of sulfonamides is 1. The molecule has 9 heteroatoms. The molecule has 0 spiro atoms. The summed E-state index contributed by atoms with van der Waals surface area (Å²) in [6.07, 6.45) is 0.658. The number of carbonyl (C=O) groups excluding carboxylic acids is 1. The molecule has 0 saturated carbocycles. The molecule has 2 unspecified atom stereocenters. The van der Waals surface area contributed by atoms with Gasteiger partial charge in [-0.3, -0.25) is 9.59 Å². The predicted octanol–water partition coefficient (Wildman–Crippen LogP) is 1.28. The van der Waals surface area contributed by atoms with Gasteiger partial charge in [-0.05, 0) is 43.5 Å². The van der Waals surface area contributed by atoms with Crippen molar-refractivity contribution < 1.29 is 32.6 Å². The summed E-state index contributed by atoms with van der Waals surface area (Å²) in [4.78, 5) is 23.0. The van der Waals surface area contributed by atoms with Gasteiger partial charge in [0.1, 0.15) is 5.75 Å². The highest BCUT2D eigenvalue weighted by Gasteiger charge is 2.38. The normalized spacial score (nSPS) is 21.2. The zero-order valence-electron chi connectivity index (χ0n) is 15.0. The first-order chi connectivity index (χ1) is 12.2. The van der Waals surface area contributed by atoms with Crippen molar-refractivity contribution in [3.05, 3.63) is 23.8 Å². The van der Waals surface area contributed by atoms with Gasteiger partial charge in [0, 0.05) is 12.6 Å². The van der Waals surface area contributed by atoms with Gasteiger partial charge in [-0.15, -0.1) is 0 Å². The Hall–Kier alpha value is -2.13. The molecule has 0 bridgehead atoms. The molecule has 8 nitrogen and oxygen atoms in total. The highest BCUT2D eigenvalue weighted by molar-refractivity contribution is 7.89. The Morgan fingerprint density at radius 2 is 1.96 bits per heavy atom. The first kappa shape index (κ1) is 20.2. The van der Waals surface area contributed by atoms with Gasteiger partial charge in [-0.25, -0.2) is 8.42 Å². The molecular weight excluding hydrogens is 362 g/mol. The monoisotopic (exact) mass is 385 g/mol. The Morgan fingerprint density at radius 3 is 2.54 bits per heavy atom. The van der Waals surface area contributed by atoms with Gasteiger partial charge in [-0.1, -0.05) is 0 Å². The molecule has 1 heterocycles. The van der Waals surface area contributed by atoms with Crippen LogP contribution in [-0.4, -0.2) is 56.6 Å². The SMILES string of the molecule is COC(=O)Cc1cc(OC)ccc1S(=O)(=O)N1CC(C(=O)O)CCC1C. The fourth-order valence-corrected chi connectivity index (χ4v) is 4.95. The van der Waals surface area contributed by atoms with Crippen LogP contribution in [0.3, 0.4) is 0 Å². The molecule has 1 aromatic rings. The van der Waals surface area contributed by atoms with E-state index in [2.05, 4.69) is 4.74 Å². The number of rotatable bonds is 6. The van der Waals surface area contributed by atoms with Gasteiger partial charge in [0.2, 0.25) is 10.0 Å². The second-order valence-electron chi connectivity index (χ2n) is 6.26. The average Bonchev–Trinajstić information content (AvgIpc) is 2.61. The molecular formula is C17H23NO7S. The summed E-state index contributed by atoms with van der Waals surface area (Å²) in [5.41, 5.74) is 0.251. The Balaban J connectivity index is 2.46. The minimum atomic E-state index is -3.98. The molecule has 1 N–H and O–H groups in total. The van der Waals surface area contributed by atoms with Crippen molar-refractivity contribution >= 4 is 22.0 Å². The summed E-state index contributed by atoms with van der Waals surface area (Å²) in [7, 11) is -1.32. The van der Waals surface area contributed by atoms with Crippen LogP contribution in [0.5, 0.6) is 5.75 Å². The van der Waals surface area contributed by atoms with Crippen LogP contribution in [0, 0.1) is 5.92 Å². The summed E-state index contributed by atoms with van der Waals surface area (Å²) in [6, 6.07) is 4.02. The largest absolute Gasteiger partial charge is 0.497 e. The van der Waals surface area contributed by atoms with Crippen LogP contribution in [0.2, 0.25) is 0 Å². The number of benzene rings is 1. The van der Waals surface area contributed by atoms with Crippen LogP contribution in [0.15, 0.2) is 23.1 Å². The molecule has 1 saturated heterocycles. The first-order valence-corrected chi connectivity index (χ1v) is 9.63. The minimum absolute atomic E-state index is 0.0402. The molecule has 1 aliphatic heterocycles. The van der Waals surface area contributed by atoms with Crippen LogP contribution in [0.1, 0.15) is 25.3 Å². The van der Waals surface area contributed by atoms with Crippen molar-refractivity contribution in [1.82, 2.24) is 4.31 Å². The average molecular weight is 385 g/mol. The molecule has 1 aromatic carbocycles. The maximum absolute atomic E-state index is 13.2. The summed E-state index contributed by atoms with van der Waals surface area (Å²) < 4.78 is 37.4. The van der Waals surface area contributed by atoms with E-state index in [0.717, 1.165) is 0 Å². The molecule has 26 heavy (non-hydrogen) atoms. The number of nitrogens with zero attached hydrogens (tertiary/aromatic N) is 1. The first-order valence-electron chi connectivity index (χ1n) is 8.19. The molecule has 0 aromatic heterocycles. The zero-order chi connectivity index (χ0) is 19.5. The van der Waals surface area contributed by atoms with Gasteiger partial charge < -0.3 is 14.6 Å². The number of carbonyl (C=O) groups is 2. The summed E-state index contributed by atoms with van der Waals surface area (Å²) >= 11 is 0. The highest BCUT2D eigenvalue weighted by Crippen LogP contribution is 2.31. The number of carboxylic acids is 1. The summed E-state index contributed by atoms with van der Waals surface area (Å²) in [5, 5.41) is 9.25. The lowest BCUT2D eigenvalue weighted by Gasteiger charge is -2.35. The number of hydrogen-bond acceptors (Lipinski definition) is 6. The van der Waals surface area contributed by atoms with E-state index < -0.39 is 27.9 Å². The van der Waals surface area contributed by atoms with Gasteiger partial charge >= 0.3 is 11.9 Å². The molecule has 1 aliphatic rings. The third-order valence-corrected chi connectivity index (χ3v) is 6.67. The van der Waals surface area contributed by atoms with Crippen molar-refractivity contribution in [2.45, 2.75) is 37.1 Å². The van der Waals surface area contributed by atoms with Crippen LogP contribution < -0.4 is 4.74 Å². The van der Waals surface area contributed by atoms with Crippen LogP contribution >= 0.6 is 0 Å². The number of methoxy groups -OCH3 is 2. The lowest BCUT2D eigenvalue weighted by Crippen LogP contribution is -2.47. The molecule has 0 amide bonds. The fourth-order valence-electron chi connectivity index (χ4n) is 3.04. The van der Waals surface area contributed by atoms with Crippen molar-refractivity contribution in [2.75, 3.05) is 20.8 Å². The van der Waals surface area contributed by atoms with Gasteiger partial charge in [0.05, 0.1) is 31.5 Å². The Morgan fingerprint density at radius 1 is 1.27 bits per heavy atom. The van der Waals surface area contributed by atoms with Crippen LogP contribution in [0.25, 0.3) is 0 Å². The standard InChI is InChI=1S/C17H23NO7S/c1-11-4-5-12(17(20)21)10-18(11)26(22,23)15-7-6-14(24-2)8-13(15)9-16(19)25-3/h6-8,11-12H,4-5,9-10H2,1-3H3,(H,20,21). The molecule has 144 valence electrons. The van der Waals surface area contributed by atoms with Crippen LogP contribution in [0.4, 0.5) is 0 Å². The van der Waals surface area contributed by atoms with E-state index in [9.17, 15) is 23.1 Å². The smallest absolute Gasteiger partial charge is 0.310 e. The number of esters is 1. The Kier molecular flexibility index (Phi) is 6.25. The molecule has 2 atom stereocenters. The fraction of sp³-hybridized carbons (Fsp3) is 0.529. The maximum atomic E-state index is 13.2. The lowest BCUT2D eigenvalue weighted by atomic mass is 9.96. The number of aliphatic carboxylic acids is 1. The number of piperidine rings is 1. The van der Waals surface area contributed by atoms with E-state index in [1.165, 1.54) is 36.7 Å². The van der Waals surface area contributed by atoms with E-state index in [4.69, 9.17) is 4.74 Å². The van der Waals surface area contributed by atoms with Crippen LogP contribution in [-0.2, 0) is 30.8 Å². The van der Waals surface area contributed by atoms with E-state index in [-0.39, 0.29) is 29.5 Å². The minimum Gasteiger partial charge on any atom is -0.497 e. The third-order valence-electron chi connectivity index (χ3n) is 4.59. The highest BCUT2D eigenvalue weighted by atomic mass is 32.2. The van der Waals surface area contributed by atoms with E-state index in [1.807, 2.05) is 0 Å². The van der Waals surface area contributed by atoms with Gasteiger partial charge in [0.25, 0.3) is 0 Å². The summed E-state index contributed by atoms with van der Waals surface area (Å²) in [6.45, 7) is 1.65. The van der Waals surface area contributed by atoms with Crippen molar-refractivity contribution in [3.63, 3.8) is 0 Å². The lowest BCUT2D eigenvalue weighted by molar-refractivity contribution is -0.143. The Labute approximate surface area is 152 Å². The predicted molar refractivity (Wildman–Crippen MR) is 92.4 cm³/mol. The second-order valence-corrected chi connectivity index (χ2v) is 8.12. The second kappa shape index (κ2) is 8.05. The van der Waals surface area contributed by atoms with E-state index >= 15 is 0 Å². The molecule has 2 rings (SSSR count). The quantitative estimate of drug-likeness (QED) is 0.735. The summed E-state index contributed by atoms with van der Waals surface area (Å²) in [5.74, 6) is -1.92. The topological polar surface area (TPSA) is 110 Å². The number of ether oxygens (including phenoxy) is 2. The molecule has 0 radical (unpaired) electrons. The van der Waals surface area contributed by atoms with E-state index in [0.29, 0.717) is 18.6 Å².